The van der Waals surface area contributed by atoms with Gasteiger partial charge in [0, 0.05) is 0 Å². The van der Waals surface area contributed by atoms with Gasteiger partial charge in [0.25, 0.3) is 0 Å². The van der Waals surface area contributed by atoms with Gasteiger partial charge in [-0.05, 0) is 18.8 Å². The van der Waals surface area contributed by atoms with Gasteiger partial charge in [-0.25, -0.2) is 0 Å². The fourth-order valence-corrected chi connectivity index (χ4v) is 3.61. The highest BCUT2D eigenvalue weighted by Gasteiger charge is 2.22. The minimum absolute atomic E-state index is 0.260. The van der Waals surface area contributed by atoms with Crippen molar-refractivity contribution >= 4 is 11.9 Å². The number of hydrogen-bond acceptors (Lipinski definition) is 2. The van der Waals surface area contributed by atoms with E-state index in [0.717, 1.165) is 19.3 Å². The van der Waals surface area contributed by atoms with E-state index >= 15 is 0 Å². The predicted molar refractivity (Wildman–Crippen MR) is 107 cm³/mol. The highest BCUT2D eigenvalue weighted by atomic mass is 16.4. The molecular formula is C22H42O4. The van der Waals surface area contributed by atoms with E-state index in [1.165, 1.54) is 70.6 Å². The molecule has 0 bridgehead atoms. The first-order valence-electron chi connectivity index (χ1n) is 11.0. The van der Waals surface area contributed by atoms with Crippen molar-refractivity contribution in [2.24, 2.45) is 11.8 Å². The highest BCUT2D eigenvalue weighted by Crippen LogP contribution is 2.24. The SMILES string of the molecule is CCCCCCCCCCCCCC(CC)CCC(CC(=O)O)C(=O)O. The molecule has 4 heteroatoms. The molecule has 0 heterocycles. The van der Waals surface area contributed by atoms with Crippen LogP contribution in [0.15, 0.2) is 0 Å². The third-order valence-electron chi connectivity index (χ3n) is 5.49. The third-order valence-corrected chi connectivity index (χ3v) is 5.49. The predicted octanol–water partition coefficient (Wildman–Crippen LogP) is 6.67. The second-order valence-electron chi connectivity index (χ2n) is 7.81. The third kappa shape index (κ3) is 15.2. The first-order chi connectivity index (χ1) is 12.5. The van der Waals surface area contributed by atoms with E-state index < -0.39 is 17.9 Å². The van der Waals surface area contributed by atoms with Crippen molar-refractivity contribution in [3.8, 4) is 0 Å². The summed E-state index contributed by atoms with van der Waals surface area (Å²) in [5.74, 6) is -2.20. The summed E-state index contributed by atoms with van der Waals surface area (Å²) in [6.07, 6.45) is 18.0. The van der Waals surface area contributed by atoms with Gasteiger partial charge in [0.1, 0.15) is 0 Å². The Morgan fingerprint density at radius 2 is 1.19 bits per heavy atom. The van der Waals surface area contributed by atoms with Gasteiger partial charge in [-0.1, -0.05) is 97.3 Å². The lowest BCUT2D eigenvalue weighted by atomic mass is 9.88. The number of carboxylic acid groups (broad SMARTS) is 2. The van der Waals surface area contributed by atoms with E-state index in [4.69, 9.17) is 10.2 Å². The minimum Gasteiger partial charge on any atom is -0.481 e. The zero-order valence-corrected chi connectivity index (χ0v) is 17.2. The molecule has 0 saturated heterocycles. The summed E-state index contributed by atoms with van der Waals surface area (Å²) in [7, 11) is 0. The van der Waals surface area contributed by atoms with E-state index in [1.807, 2.05) is 0 Å². The average molecular weight is 371 g/mol. The van der Waals surface area contributed by atoms with Crippen LogP contribution in [0.4, 0.5) is 0 Å². The van der Waals surface area contributed by atoms with Crippen LogP contribution in [0.25, 0.3) is 0 Å². The van der Waals surface area contributed by atoms with Crippen LogP contribution in [0, 0.1) is 11.8 Å². The molecule has 4 nitrogen and oxygen atoms in total. The Morgan fingerprint density at radius 3 is 1.62 bits per heavy atom. The first kappa shape index (κ1) is 24.9. The Bertz CT molecular complexity index is 354. The average Bonchev–Trinajstić information content (AvgIpc) is 2.60. The van der Waals surface area contributed by atoms with Crippen LogP contribution < -0.4 is 0 Å². The fourth-order valence-electron chi connectivity index (χ4n) is 3.61. The summed E-state index contributed by atoms with van der Waals surface area (Å²) >= 11 is 0. The monoisotopic (exact) mass is 370 g/mol. The molecule has 0 aromatic heterocycles. The van der Waals surface area contributed by atoms with Crippen LogP contribution in [0.2, 0.25) is 0 Å². The van der Waals surface area contributed by atoms with Gasteiger partial charge in [-0.15, -0.1) is 0 Å². The summed E-state index contributed by atoms with van der Waals surface area (Å²) in [5, 5.41) is 17.9. The summed E-state index contributed by atoms with van der Waals surface area (Å²) in [6, 6.07) is 0. The molecule has 0 saturated carbocycles. The van der Waals surface area contributed by atoms with Crippen molar-refractivity contribution in [3.05, 3.63) is 0 Å². The molecule has 2 unspecified atom stereocenters. The standard InChI is InChI=1S/C22H42O4/c1-3-5-6-7-8-9-10-11-12-13-14-15-19(4-2)16-17-20(22(25)26)18-21(23)24/h19-20H,3-18H2,1-2H3,(H,23,24)(H,25,26). The van der Waals surface area contributed by atoms with Crippen molar-refractivity contribution in [2.75, 3.05) is 0 Å². The van der Waals surface area contributed by atoms with E-state index in [-0.39, 0.29) is 6.42 Å². The Kier molecular flexibility index (Phi) is 16.7. The van der Waals surface area contributed by atoms with Crippen molar-refractivity contribution in [1.29, 1.82) is 0 Å². The molecule has 0 fully saturated rings. The molecule has 154 valence electrons. The normalized spacial score (nSPS) is 13.5. The lowest BCUT2D eigenvalue weighted by molar-refractivity contribution is -0.148. The van der Waals surface area contributed by atoms with E-state index in [9.17, 15) is 9.59 Å². The topological polar surface area (TPSA) is 74.6 Å². The van der Waals surface area contributed by atoms with E-state index in [1.54, 1.807) is 0 Å². The Labute approximate surface area is 160 Å². The van der Waals surface area contributed by atoms with Gasteiger partial charge >= 0.3 is 11.9 Å². The van der Waals surface area contributed by atoms with Crippen LogP contribution in [-0.4, -0.2) is 22.2 Å². The van der Waals surface area contributed by atoms with E-state index in [2.05, 4.69) is 13.8 Å². The maximum absolute atomic E-state index is 11.1. The lowest BCUT2D eigenvalue weighted by Gasteiger charge is -2.17. The summed E-state index contributed by atoms with van der Waals surface area (Å²) in [6.45, 7) is 4.40. The summed E-state index contributed by atoms with van der Waals surface area (Å²) in [4.78, 5) is 21.9. The second kappa shape index (κ2) is 17.4. The Balaban J connectivity index is 3.66. The molecule has 0 aliphatic rings. The molecule has 0 radical (unpaired) electrons. The van der Waals surface area contributed by atoms with Crippen molar-refractivity contribution in [1.82, 2.24) is 0 Å². The molecule has 0 rings (SSSR count). The molecule has 0 spiro atoms. The van der Waals surface area contributed by atoms with Crippen LogP contribution >= 0.6 is 0 Å². The number of unbranched alkanes of at least 4 members (excludes halogenated alkanes) is 10. The molecular weight excluding hydrogens is 328 g/mol. The van der Waals surface area contributed by atoms with Crippen LogP contribution in [-0.2, 0) is 9.59 Å². The number of carbonyl (C=O) groups is 2. The van der Waals surface area contributed by atoms with Crippen LogP contribution in [0.1, 0.15) is 117 Å². The number of carboxylic acids is 2. The number of hydrogen-bond donors (Lipinski definition) is 2. The molecule has 2 atom stereocenters. The summed E-state index contributed by atoms with van der Waals surface area (Å²) < 4.78 is 0. The number of rotatable bonds is 19. The molecule has 0 aromatic rings. The van der Waals surface area contributed by atoms with Crippen LogP contribution in [0.3, 0.4) is 0 Å². The molecule has 0 aromatic carbocycles. The fraction of sp³-hybridized carbons (Fsp3) is 0.909. The van der Waals surface area contributed by atoms with Gasteiger partial charge in [0.05, 0.1) is 12.3 Å². The minimum atomic E-state index is -1.02. The number of aliphatic carboxylic acids is 2. The van der Waals surface area contributed by atoms with Gasteiger partial charge in [-0.3, -0.25) is 9.59 Å². The summed E-state index contributed by atoms with van der Waals surface area (Å²) in [5.41, 5.74) is 0. The molecule has 26 heavy (non-hydrogen) atoms. The van der Waals surface area contributed by atoms with Gasteiger partial charge < -0.3 is 10.2 Å². The Morgan fingerprint density at radius 1 is 0.692 bits per heavy atom. The maximum atomic E-state index is 11.1. The smallest absolute Gasteiger partial charge is 0.307 e. The quantitative estimate of drug-likeness (QED) is 0.249. The first-order valence-corrected chi connectivity index (χ1v) is 11.0. The molecule has 2 N–H and O–H groups in total. The van der Waals surface area contributed by atoms with Gasteiger partial charge in [0.2, 0.25) is 0 Å². The van der Waals surface area contributed by atoms with Crippen molar-refractivity contribution in [2.45, 2.75) is 117 Å². The zero-order chi connectivity index (χ0) is 19.6. The highest BCUT2D eigenvalue weighted by molar-refractivity contribution is 5.77. The Hall–Kier alpha value is -1.06. The molecule has 0 aliphatic heterocycles. The molecule has 0 amide bonds. The largest absolute Gasteiger partial charge is 0.481 e. The lowest BCUT2D eigenvalue weighted by Crippen LogP contribution is -2.19. The van der Waals surface area contributed by atoms with Crippen LogP contribution in [0.5, 0.6) is 0 Å². The van der Waals surface area contributed by atoms with E-state index in [0.29, 0.717) is 12.3 Å². The van der Waals surface area contributed by atoms with Crippen molar-refractivity contribution in [3.63, 3.8) is 0 Å². The van der Waals surface area contributed by atoms with Gasteiger partial charge in [-0.2, -0.15) is 0 Å². The van der Waals surface area contributed by atoms with Gasteiger partial charge in [0.15, 0.2) is 0 Å². The zero-order valence-electron chi connectivity index (χ0n) is 17.2. The second-order valence-corrected chi connectivity index (χ2v) is 7.81. The molecule has 0 aliphatic carbocycles. The van der Waals surface area contributed by atoms with Crippen molar-refractivity contribution < 1.29 is 19.8 Å². The maximum Gasteiger partial charge on any atom is 0.307 e.